The molecule has 0 fully saturated rings. The molecule has 2 aromatic rings. The number of aliphatic carboxylic acids is 1. The Hall–Kier alpha value is -2.08. The Morgan fingerprint density at radius 3 is 2.42 bits per heavy atom. The lowest BCUT2D eigenvalue weighted by atomic mass is 10.2. The van der Waals surface area contributed by atoms with Gasteiger partial charge in [0.15, 0.2) is 0 Å². The monoisotopic (exact) mass is 596 g/mol. The van der Waals surface area contributed by atoms with Crippen molar-refractivity contribution in [2.45, 2.75) is 6.92 Å². The van der Waals surface area contributed by atoms with Crippen molar-refractivity contribution in [1.82, 2.24) is 0 Å². The minimum Gasteiger partial charge on any atom is -0.480 e. The van der Waals surface area contributed by atoms with Gasteiger partial charge in [0.05, 0.1) is 27.9 Å². The second-order valence-corrected chi connectivity index (χ2v) is 8.54. The summed E-state index contributed by atoms with van der Waals surface area (Å²) < 4.78 is 1.17. The molecule has 2 aromatic carbocycles. The first-order chi connectivity index (χ1) is 14.6. The van der Waals surface area contributed by atoms with Gasteiger partial charge in [-0.2, -0.15) is 0 Å². The molecule has 13 heteroatoms. The minimum atomic E-state index is -1.06. The molecule has 0 saturated heterocycles. The zero-order valence-electron chi connectivity index (χ0n) is 15.9. The average molecular weight is 599 g/mol. The standard InChI is InChI=1S/C10H10BrClN2O4.C8H6BrClN2O/c1-2-13(5-8(15)16)7-4-3-6(11)9(12)10(7)14(17)18;9-4-1-2-5-8(7(4)10)12-6(13)3-11-5/h3-4H,2,5H2,1H3,(H,15,16);1-2,11H,3H2,(H,12,13). The Morgan fingerprint density at radius 1 is 1.23 bits per heavy atom. The van der Waals surface area contributed by atoms with Crippen molar-refractivity contribution < 1.29 is 19.6 Å². The number of rotatable bonds is 5. The molecule has 0 aromatic heterocycles. The Morgan fingerprint density at radius 2 is 1.84 bits per heavy atom. The maximum absolute atomic E-state index is 11.0. The molecule has 3 N–H and O–H groups in total. The maximum atomic E-state index is 11.0. The normalized spacial score (nSPS) is 12.0. The van der Waals surface area contributed by atoms with Gasteiger partial charge in [-0.1, -0.05) is 23.2 Å². The van der Waals surface area contributed by atoms with Crippen LogP contribution in [-0.4, -0.2) is 41.5 Å². The summed E-state index contributed by atoms with van der Waals surface area (Å²) >= 11 is 18.2. The average Bonchev–Trinajstić information content (AvgIpc) is 2.71. The number of hydrogen-bond donors (Lipinski definition) is 3. The van der Waals surface area contributed by atoms with E-state index in [0.717, 1.165) is 10.2 Å². The van der Waals surface area contributed by atoms with Gasteiger partial charge in [-0.3, -0.25) is 19.7 Å². The number of carboxylic acid groups (broad SMARTS) is 1. The van der Waals surface area contributed by atoms with Crippen LogP contribution in [0.1, 0.15) is 6.92 Å². The van der Waals surface area contributed by atoms with Crippen molar-refractivity contribution in [2.24, 2.45) is 0 Å². The van der Waals surface area contributed by atoms with Crippen molar-refractivity contribution in [3.05, 3.63) is 53.4 Å². The molecule has 0 atom stereocenters. The predicted molar refractivity (Wildman–Crippen MR) is 128 cm³/mol. The van der Waals surface area contributed by atoms with Crippen molar-refractivity contribution in [3.63, 3.8) is 0 Å². The summed E-state index contributed by atoms with van der Waals surface area (Å²) in [5.74, 6) is -1.14. The number of halogens is 4. The number of nitro benzene ring substituents is 1. The van der Waals surface area contributed by atoms with Crippen LogP contribution in [0.25, 0.3) is 0 Å². The fraction of sp³-hybridized carbons (Fsp3) is 0.222. The summed E-state index contributed by atoms with van der Waals surface area (Å²) in [5.41, 5.74) is 1.40. The van der Waals surface area contributed by atoms with Crippen LogP contribution in [0.15, 0.2) is 33.2 Å². The Bertz CT molecular complexity index is 1040. The highest BCUT2D eigenvalue weighted by molar-refractivity contribution is 9.10. The van der Waals surface area contributed by atoms with Gasteiger partial charge in [0, 0.05) is 15.5 Å². The summed E-state index contributed by atoms with van der Waals surface area (Å²) in [5, 5.41) is 26.0. The van der Waals surface area contributed by atoms with Crippen LogP contribution in [0.2, 0.25) is 10.0 Å². The highest BCUT2D eigenvalue weighted by Crippen LogP contribution is 2.40. The summed E-state index contributed by atoms with van der Waals surface area (Å²) in [7, 11) is 0. The topological polar surface area (TPSA) is 125 Å². The van der Waals surface area contributed by atoms with Gasteiger partial charge in [0.25, 0.3) is 0 Å². The van der Waals surface area contributed by atoms with Gasteiger partial charge in [-0.25, -0.2) is 0 Å². The van der Waals surface area contributed by atoms with Crippen molar-refractivity contribution in [3.8, 4) is 0 Å². The fourth-order valence-electron chi connectivity index (χ4n) is 2.67. The third-order valence-corrected chi connectivity index (χ3v) is 6.63. The van der Waals surface area contributed by atoms with Gasteiger partial charge in [0.1, 0.15) is 17.3 Å². The Kier molecular flexibility index (Phi) is 8.92. The summed E-state index contributed by atoms with van der Waals surface area (Å²) in [4.78, 5) is 33.5. The Balaban J connectivity index is 0.000000231. The molecular weight excluding hydrogens is 583 g/mol. The van der Waals surface area contributed by atoms with Crippen LogP contribution < -0.4 is 15.5 Å². The van der Waals surface area contributed by atoms with Crippen LogP contribution in [-0.2, 0) is 9.59 Å². The molecule has 1 heterocycles. The zero-order valence-corrected chi connectivity index (χ0v) is 20.6. The molecule has 0 saturated carbocycles. The molecule has 9 nitrogen and oxygen atoms in total. The quantitative estimate of drug-likeness (QED) is 0.311. The first-order valence-corrected chi connectivity index (χ1v) is 11.0. The lowest BCUT2D eigenvalue weighted by molar-refractivity contribution is -0.384. The molecule has 3 rings (SSSR count). The van der Waals surface area contributed by atoms with E-state index in [2.05, 4.69) is 42.5 Å². The molecule has 0 spiro atoms. The molecule has 0 unspecified atom stereocenters. The molecule has 0 aliphatic carbocycles. The highest BCUT2D eigenvalue weighted by atomic mass is 79.9. The van der Waals surface area contributed by atoms with Gasteiger partial charge in [-0.15, -0.1) is 0 Å². The molecule has 31 heavy (non-hydrogen) atoms. The van der Waals surface area contributed by atoms with Crippen molar-refractivity contribution in [2.75, 3.05) is 35.2 Å². The first-order valence-electron chi connectivity index (χ1n) is 8.67. The molecule has 1 aliphatic rings. The van der Waals surface area contributed by atoms with E-state index >= 15 is 0 Å². The Labute approximate surface area is 204 Å². The number of nitro groups is 1. The van der Waals surface area contributed by atoms with Gasteiger partial charge in [0.2, 0.25) is 5.91 Å². The lowest BCUT2D eigenvalue weighted by Crippen LogP contribution is -2.29. The van der Waals surface area contributed by atoms with E-state index in [1.165, 1.54) is 11.0 Å². The van der Waals surface area contributed by atoms with Gasteiger partial charge >= 0.3 is 11.7 Å². The number of carboxylic acids is 1. The number of amides is 1. The van der Waals surface area contributed by atoms with Crippen LogP contribution in [0, 0.1) is 10.1 Å². The van der Waals surface area contributed by atoms with Crippen LogP contribution in [0.3, 0.4) is 0 Å². The number of fused-ring (bicyclic) bond motifs is 1. The molecule has 0 bridgehead atoms. The number of nitrogens with one attached hydrogen (secondary N) is 2. The molecule has 1 amide bonds. The van der Waals surface area contributed by atoms with Crippen LogP contribution in [0.5, 0.6) is 0 Å². The number of benzene rings is 2. The minimum absolute atomic E-state index is 0.0404. The van der Waals surface area contributed by atoms with E-state index in [4.69, 9.17) is 28.3 Å². The summed E-state index contributed by atoms with van der Waals surface area (Å²) in [6.45, 7) is 2.01. The third-order valence-electron chi connectivity index (χ3n) is 4.08. The second-order valence-electron chi connectivity index (χ2n) is 6.08. The number of carbonyl (C=O) groups excluding carboxylic acids is 1. The van der Waals surface area contributed by atoms with E-state index in [1.54, 1.807) is 13.0 Å². The van der Waals surface area contributed by atoms with Gasteiger partial charge in [-0.05, 0) is 63.0 Å². The predicted octanol–water partition coefficient (Wildman–Crippen LogP) is 5.39. The fourth-order valence-corrected chi connectivity index (χ4v) is 3.76. The van der Waals surface area contributed by atoms with E-state index in [0.29, 0.717) is 28.3 Å². The number of hydrogen-bond acceptors (Lipinski definition) is 6. The first kappa shape index (κ1) is 25.2. The van der Waals surface area contributed by atoms with E-state index in [-0.39, 0.29) is 28.8 Å². The van der Waals surface area contributed by atoms with E-state index < -0.39 is 10.9 Å². The summed E-state index contributed by atoms with van der Waals surface area (Å²) in [6.07, 6.45) is 0. The number of nitrogens with zero attached hydrogens (tertiary/aromatic N) is 2. The molecule has 1 aliphatic heterocycles. The largest absolute Gasteiger partial charge is 0.480 e. The number of likely N-dealkylation sites (N-methyl/N-ethyl adjacent to an activating group) is 1. The van der Waals surface area contributed by atoms with Crippen molar-refractivity contribution in [1.29, 1.82) is 0 Å². The smallest absolute Gasteiger partial charge is 0.323 e. The molecule has 0 radical (unpaired) electrons. The lowest BCUT2D eigenvalue weighted by Gasteiger charge is -2.21. The SMILES string of the molecule is CCN(CC(=O)O)c1ccc(Br)c(Cl)c1[N+](=O)[O-].O=C1CNc2ccc(Br)c(Cl)c2N1. The van der Waals surface area contributed by atoms with E-state index in [9.17, 15) is 19.7 Å². The number of carbonyl (C=O) groups is 2. The third kappa shape index (κ3) is 6.22. The molecule has 166 valence electrons. The highest BCUT2D eigenvalue weighted by Gasteiger charge is 2.25. The van der Waals surface area contributed by atoms with Gasteiger partial charge < -0.3 is 20.6 Å². The van der Waals surface area contributed by atoms with Crippen LogP contribution >= 0.6 is 55.1 Å². The maximum Gasteiger partial charge on any atom is 0.323 e. The van der Waals surface area contributed by atoms with Crippen molar-refractivity contribution >= 4 is 89.7 Å². The summed E-state index contributed by atoms with van der Waals surface area (Å²) in [6, 6.07) is 6.73. The number of anilines is 3. The van der Waals surface area contributed by atoms with E-state index in [1.807, 2.05) is 12.1 Å². The molecular formula is C18H16Br2Cl2N4O5. The second kappa shape index (κ2) is 11.0. The van der Waals surface area contributed by atoms with Crippen LogP contribution in [0.4, 0.5) is 22.7 Å². The zero-order chi connectivity index (χ0) is 23.3.